The van der Waals surface area contributed by atoms with Crippen LogP contribution < -0.4 is 4.74 Å². The van der Waals surface area contributed by atoms with Crippen LogP contribution in [0.2, 0.25) is 0 Å². The van der Waals surface area contributed by atoms with E-state index < -0.39 is 10.9 Å². The zero-order valence-electron chi connectivity index (χ0n) is 10.9. The zero-order valence-corrected chi connectivity index (χ0v) is 12.5. The highest BCUT2D eigenvalue weighted by atomic mass is 79.9. The Kier molecular flexibility index (Phi) is 4.23. The number of halogens is 1. The average Bonchev–Trinajstić information content (AvgIpc) is 2.40. The number of nitro groups is 1. The standard InChI is InChI=1S/C14H10BrNO5/c1-8-2-4-10(16(19)20)7-12(8)21-13-6-9(15)3-5-11(13)14(17)18/h2-7H,1H3,(H,17,18). The number of hydrogen-bond acceptors (Lipinski definition) is 4. The summed E-state index contributed by atoms with van der Waals surface area (Å²) in [7, 11) is 0. The molecule has 0 aromatic heterocycles. The molecule has 0 saturated carbocycles. The molecule has 2 aromatic rings. The molecule has 0 atom stereocenters. The van der Waals surface area contributed by atoms with Crippen LogP contribution in [0, 0.1) is 17.0 Å². The van der Waals surface area contributed by atoms with Crippen molar-refractivity contribution >= 4 is 27.6 Å². The quantitative estimate of drug-likeness (QED) is 0.659. The van der Waals surface area contributed by atoms with Crippen LogP contribution in [0.3, 0.4) is 0 Å². The highest BCUT2D eigenvalue weighted by Gasteiger charge is 2.15. The maximum Gasteiger partial charge on any atom is 0.339 e. The van der Waals surface area contributed by atoms with E-state index in [0.717, 1.165) is 0 Å². The van der Waals surface area contributed by atoms with Crippen molar-refractivity contribution in [3.05, 3.63) is 62.1 Å². The molecule has 0 radical (unpaired) electrons. The monoisotopic (exact) mass is 351 g/mol. The number of ether oxygens (including phenoxy) is 1. The topological polar surface area (TPSA) is 89.7 Å². The van der Waals surface area contributed by atoms with Gasteiger partial charge in [-0.05, 0) is 36.8 Å². The lowest BCUT2D eigenvalue weighted by Crippen LogP contribution is -2.01. The van der Waals surface area contributed by atoms with Crippen LogP contribution in [0.25, 0.3) is 0 Å². The number of hydrogen-bond donors (Lipinski definition) is 1. The molecule has 0 bridgehead atoms. The van der Waals surface area contributed by atoms with Crippen molar-refractivity contribution in [2.45, 2.75) is 6.92 Å². The molecule has 1 N–H and O–H groups in total. The number of non-ortho nitro benzene ring substituents is 1. The van der Waals surface area contributed by atoms with Gasteiger partial charge in [-0.3, -0.25) is 10.1 Å². The van der Waals surface area contributed by atoms with Crippen LogP contribution in [-0.2, 0) is 0 Å². The van der Waals surface area contributed by atoms with E-state index in [1.165, 1.54) is 24.3 Å². The largest absolute Gasteiger partial charge is 0.478 e. The van der Waals surface area contributed by atoms with E-state index in [1.807, 2.05) is 0 Å². The molecule has 2 rings (SSSR count). The van der Waals surface area contributed by atoms with Crippen molar-refractivity contribution in [2.75, 3.05) is 0 Å². The van der Waals surface area contributed by atoms with Gasteiger partial charge < -0.3 is 9.84 Å². The Balaban J connectivity index is 2.47. The van der Waals surface area contributed by atoms with Crippen molar-refractivity contribution in [3.63, 3.8) is 0 Å². The number of carboxylic acid groups (broad SMARTS) is 1. The molecule has 7 heteroatoms. The first-order valence-electron chi connectivity index (χ1n) is 5.84. The Morgan fingerprint density at radius 3 is 2.57 bits per heavy atom. The molecule has 6 nitrogen and oxygen atoms in total. The van der Waals surface area contributed by atoms with Crippen molar-refractivity contribution in [2.24, 2.45) is 0 Å². The van der Waals surface area contributed by atoms with Crippen LogP contribution >= 0.6 is 15.9 Å². The number of nitrogens with zero attached hydrogens (tertiary/aromatic N) is 1. The number of rotatable bonds is 4. The van der Waals surface area contributed by atoms with E-state index in [1.54, 1.807) is 19.1 Å². The molecule has 0 heterocycles. The maximum absolute atomic E-state index is 11.2. The van der Waals surface area contributed by atoms with Gasteiger partial charge in [0.05, 0.1) is 11.0 Å². The van der Waals surface area contributed by atoms with Gasteiger partial charge in [0.15, 0.2) is 0 Å². The van der Waals surface area contributed by atoms with E-state index in [0.29, 0.717) is 10.0 Å². The van der Waals surface area contributed by atoms with Gasteiger partial charge in [0.2, 0.25) is 0 Å². The fourth-order valence-corrected chi connectivity index (χ4v) is 2.03. The predicted octanol–water partition coefficient (Wildman–Crippen LogP) is 4.16. The van der Waals surface area contributed by atoms with Gasteiger partial charge in [0.1, 0.15) is 17.1 Å². The van der Waals surface area contributed by atoms with Gasteiger partial charge in [-0.1, -0.05) is 15.9 Å². The molecule has 108 valence electrons. The molecule has 2 aromatic carbocycles. The molecule has 0 aliphatic heterocycles. The molecule has 0 aliphatic carbocycles. The minimum absolute atomic E-state index is 0.0240. The second kappa shape index (κ2) is 5.92. The zero-order chi connectivity index (χ0) is 15.6. The summed E-state index contributed by atoms with van der Waals surface area (Å²) < 4.78 is 6.20. The first-order valence-corrected chi connectivity index (χ1v) is 6.63. The van der Waals surface area contributed by atoms with Crippen molar-refractivity contribution in [1.29, 1.82) is 0 Å². The predicted molar refractivity (Wildman–Crippen MR) is 79.0 cm³/mol. The van der Waals surface area contributed by atoms with Crippen LogP contribution in [0.1, 0.15) is 15.9 Å². The number of aromatic carboxylic acids is 1. The number of carboxylic acids is 1. The Hall–Kier alpha value is -2.41. The third kappa shape index (κ3) is 3.38. The van der Waals surface area contributed by atoms with Gasteiger partial charge in [-0.15, -0.1) is 0 Å². The lowest BCUT2D eigenvalue weighted by Gasteiger charge is -2.11. The Morgan fingerprint density at radius 2 is 1.95 bits per heavy atom. The van der Waals surface area contributed by atoms with Gasteiger partial charge in [-0.2, -0.15) is 0 Å². The van der Waals surface area contributed by atoms with E-state index in [2.05, 4.69) is 15.9 Å². The fourth-order valence-electron chi connectivity index (χ4n) is 1.69. The van der Waals surface area contributed by atoms with Gasteiger partial charge in [-0.25, -0.2) is 4.79 Å². The average molecular weight is 352 g/mol. The Labute approximate surface area is 128 Å². The van der Waals surface area contributed by atoms with Crippen LogP contribution in [0.4, 0.5) is 5.69 Å². The highest BCUT2D eigenvalue weighted by Crippen LogP contribution is 2.32. The van der Waals surface area contributed by atoms with E-state index in [-0.39, 0.29) is 22.7 Å². The molecule has 0 spiro atoms. The molecule has 0 amide bonds. The number of benzene rings is 2. The summed E-state index contributed by atoms with van der Waals surface area (Å²) in [5.74, 6) is -0.786. The summed E-state index contributed by atoms with van der Waals surface area (Å²) >= 11 is 3.23. The Morgan fingerprint density at radius 1 is 1.24 bits per heavy atom. The lowest BCUT2D eigenvalue weighted by atomic mass is 10.2. The molecular formula is C14H10BrNO5. The fraction of sp³-hybridized carbons (Fsp3) is 0.0714. The van der Waals surface area contributed by atoms with Gasteiger partial charge in [0, 0.05) is 10.5 Å². The van der Waals surface area contributed by atoms with Gasteiger partial charge >= 0.3 is 5.97 Å². The highest BCUT2D eigenvalue weighted by molar-refractivity contribution is 9.10. The maximum atomic E-state index is 11.2. The first-order chi connectivity index (χ1) is 9.88. The Bertz CT molecular complexity index is 729. The summed E-state index contributed by atoms with van der Waals surface area (Å²) in [6, 6.07) is 8.65. The number of aryl methyl sites for hydroxylation is 1. The third-order valence-electron chi connectivity index (χ3n) is 2.78. The second-order valence-electron chi connectivity index (χ2n) is 4.25. The lowest BCUT2D eigenvalue weighted by molar-refractivity contribution is -0.384. The first kappa shape index (κ1) is 15.0. The SMILES string of the molecule is Cc1ccc([N+](=O)[O-])cc1Oc1cc(Br)ccc1C(=O)O. The molecule has 0 unspecified atom stereocenters. The summed E-state index contributed by atoms with van der Waals surface area (Å²) in [5.41, 5.74) is 0.517. The van der Waals surface area contributed by atoms with Crippen LogP contribution in [0.5, 0.6) is 11.5 Å². The number of nitro benzene ring substituents is 1. The molecule has 0 fully saturated rings. The minimum atomic E-state index is -1.14. The van der Waals surface area contributed by atoms with E-state index in [9.17, 15) is 14.9 Å². The molecule has 0 saturated heterocycles. The molecule has 0 aliphatic rings. The van der Waals surface area contributed by atoms with E-state index in [4.69, 9.17) is 9.84 Å². The summed E-state index contributed by atoms with van der Waals surface area (Å²) in [5, 5.41) is 19.9. The van der Waals surface area contributed by atoms with Gasteiger partial charge in [0.25, 0.3) is 5.69 Å². The molecular weight excluding hydrogens is 342 g/mol. The minimum Gasteiger partial charge on any atom is -0.478 e. The summed E-state index contributed by atoms with van der Waals surface area (Å²) in [4.78, 5) is 21.4. The van der Waals surface area contributed by atoms with E-state index >= 15 is 0 Å². The third-order valence-corrected chi connectivity index (χ3v) is 3.27. The van der Waals surface area contributed by atoms with Crippen LogP contribution in [-0.4, -0.2) is 16.0 Å². The smallest absolute Gasteiger partial charge is 0.339 e. The van der Waals surface area contributed by atoms with Crippen LogP contribution in [0.15, 0.2) is 40.9 Å². The molecule has 21 heavy (non-hydrogen) atoms. The van der Waals surface area contributed by atoms with Crippen molar-refractivity contribution < 1.29 is 19.6 Å². The normalized spacial score (nSPS) is 10.2. The number of carbonyl (C=O) groups is 1. The summed E-state index contributed by atoms with van der Waals surface area (Å²) in [6.07, 6.45) is 0. The second-order valence-corrected chi connectivity index (χ2v) is 5.17. The summed E-state index contributed by atoms with van der Waals surface area (Å²) in [6.45, 7) is 1.72. The van der Waals surface area contributed by atoms with Crippen molar-refractivity contribution in [1.82, 2.24) is 0 Å². The van der Waals surface area contributed by atoms with Crippen molar-refractivity contribution in [3.8, 4) is 11.5 Å².